The van der Waals surface area contributed by atoms with Crippen molar-refractivity contribution in [2.75, 3.05) is 17.2 Å². The summed E-state index contributed by atoms with van der Waals surface area (Å²) in [6, 6.07) is 10.6. The average Bonchev–Trinajstić information content (AvgIpc) is 3.49. The number of rotatable bonds is 8. The molecule has 4 rings (SSSR count). The van der Waals surface area contributed by atoms with E-state index >= 15 is 0 Å². The first-order chi connectivity index (χ1) is 14.3. The number of aliphatic hydroxyl groups is 1. The number of hydrogen-bond acceptors (Lipinski definition) is 7. The zero-order valence-corrected chi connectivity index (χ0v) is 17.1. The van der Waals surface area contributed by atoms with Gasteiger partial charge in [-0.3, -0.25) is 10.1 Å². The molecule has 0 aliphatic heterocycles. The topological polar surface area (TPSA) is 133 Å². The highest BCUT2D eigenvalue weighted by Gasteiger charge is 2.30. The van der Waals surface area contributed by atoms with Crippen molar-refractivity contribution >= 4 is 38.7 Å². The van der Waals surface area contributed by atoms with Crippen LogP contribution in [-0.2, 0) is 14.9 Å². The summed E-state index contributed by atoms with van der Waals surface area (Å²) < 4.78 is 30.4. The van der Waals surface area contributed by atoms with Crippen molar-refractivity contribution in [1.29, 1.82) is 0 Å². The molecular weight excluding hydrogens is 408 g/mol. The highest BCUT2D eigenvalue weighted by atomic mass is 32.2. The van der Waals surface area contributed by atoms with Crippen molar-refractivity contribution in [3.8, 4) is 5.75 Å². The van der Waals surface area contributed by atoms with Gasteiger partial charge in [-0.15, -0.1) is 0 Å². The Morgan fingerprint density at radius 1 is 1.27 bits per heavy atom. The first-order valence-corrected chi connectivity index (χ1v) is 11.0. The van der Waals surface area contributed by atoms with Crippen LogP contribution in [0, 0.1) is 5.92 Å². The second-order valence-electron chi connectivity index (χ2n) is 7.32. The smallest absolute Gasteiger partial charge is 0.339 e. The molecule has 1 atom stereocenters. The normalized spacial score (nSPS) is 15.0. The summed E-state index contributed by atoms with van der Waals surface area (Å²) >= 11 is 0. The molecule has 10 heteroatoms. The van der Waals surface area contributed by atoms with Crippen LogP contribution in [0.3, 0.4) is 0 Å². The van der Waals surface area contributed by atoms with E-state index in [1.807, 2.05) is 6.92 Å². The minimum atomic E-state index is -4.03. The van der Waals surface area contributed by atoms with Gasteiger partial charge in [0.2, 0.25) is 11.9 Å². The fourth-order valence-electron chi connectivity index (χ4n) is 2.89. The lowest BCUT2D eigenvalue weighted by atomic mass is 10.3. The van der Waals surface area contributed by atoms with Gasteiger partial charge in [0.1, 0.15) is 10.6 Å². The highest BCUT2D eigenvalue weighted by Crippen LogP contribution is 2.30. The molecule has 2 aromatic carbocycles. The van der Waals surface area contributed by atoms with Crippen molar-refractivity contribution in [3.05, 3.63) is 42.5 Å². The predicted molar refractivity (Wildman–Crippen MR) is 112 cm³/mol. The number of nitrogens with one attached hydrogen (secondary N) is 3. The molecule has 1 amide bonds. The number of anilines is 2. The summed E-state index contributed by atoms with van der Waals surface area (Å²) in [7, 11) is -4.03. The third kappa shape index (κ3) is 4.55. The van der Waals surface area contributed by atoms with E-state index in [0.29, 0.717) is 22.7 Å². The second-order valence-corrected chi connectivity index (χ2v) is 8.86. The summed E-state index contributed by atoms with van der Waals surface area (Å²) in [4.78, 5) is 19.1. The molecule has 0 spiro atoms. The minimum absolute atomic E-state index is 0.00629. The molecule has 1 unspecified atom stereocenters. The highest BCUT2D eigenvalue weighted by molar-refractivity contribution is 7.87. The molecule has 1 fully saturated rings. The maximum atomic E-state index is 12.6. The van der Waals surface area contributed by atoms with Gasteiger partial charge in [0.15, 0.2) is 0 Å². The lowest BCUT2D eigenvalue weighted by Crippen LogP contribution is -2.19. The van der Waals surface area contributed by atoms with E-state index in [1.165, 1.54) is 24.3 Å². The number of aliphatic hydroxyl groups excluding tert-OH is 1. The van der Waals surface area contributed by atoms with Crippen LogP contribution < -0.4 is 14.8 Å². The summed E-state index contributed by atoms with van der Waals surface area (Å²) in [5.41, 5.74) is 1.82. The molecule has 1 aliphatic rings. The Kier molecular flexibility index (Phi) is 5.35. The van der Waals surface area contributed by atoms with Gasteiger partial charge in [-0.2, -0.15) is 8.42 Å². The molecule has 0 bridgehead atoms. The number of benzene rings is 2. The molecule has 3 aromatic rings. The van der Waals surface area contributed by atoms with Crippen LogP contribution in [0.4, 0.5) is 11.6 Å². The first kappa shape index (κ1) is 20.2. The van der Waals surface area contributed by atoms with Gasteiger partial charge in [0.25, 0.3) is 0 Å². The Morgan fingerprint density at radius 2 is 2.00 bits per heavy atom. The van der Waals surface area contributed by atoms with Crippen LogP contribution in [0.1, 0.15) is 19.8 Å². The van der Waals surface area contributed by atoms with Crippen molar-refractivity contribution in [3.63, 3.8) is 0 Å². The molecule has 4 N–H and O–H groups in total. The van der Waals surface area contributed by atoms with E-state index in [-0.39, 0.29) is 35.1 Å². The molecule has 30 heavy (non-hydrogen) atoms. The van der Waals surface area contributed by atoms with Crippen LogP contribution in [0.25, 0.3) is 11.0 Å². The van der Waals surface area contributed by atoms with Gasteiger partial charge in [-0.25, -0.2) is 4.98 Å². The van der Waals surface area contributed by atoms with Gasteiger partial charge in [0.05, 0.1) is 17.6 Å². The summed E-state index contributed by atoms with van der Waals surface area (Å²) in [6.45, 7) is 1.77. The Bertz CT molecular complexity index is 1170. The predicted octanol–water partition coefficient (Wildman–Crippen LogP) is 2.47. The molecule has 158 valence electrons. The average molecular weight is 430 g/mol. The lowest BCUT2D eigenvalue weighted by Gasteiger charge is -2.13. The maximum Gasteiger partial charge on any atom is 0.339 e. The fourth-order valence-corrected chi connectivity index (χ4v) is 3.81. The molecule has 1 aromatic heterocycles. The number of H-pyrrole nitrogens is 1. The van der Waals surface area contributed by atoms with E-state index < -0.39 is 10.1 Å². The molecule has 0 radical (unpaired) electrons. The standard InChI is InChI=1S/C20H22N4O5S/c1-12(11-25)21-14-4-7-16(8-5-14)30(27,28)29-15-6-9-17-18(10-15)23-20(22-17)24-19(26)13-2-3-13/h4-10,12-13,21,25H,2-3,11H2,1H3,(H2,22,23,24,26). The number of imidazole rings is 1. The zero-order chi connectivity index (χ0) is 21.3. The second kappa shape index (κ2) is 7.96. The van der Waals surface area contributed by atoms with E-state index in [0.717, 1.165) is 12.8 Å². The molecule has 9 nitrogen and oxygen atoms in total. The van der Waals surface area contributed by atoms with Gasteiger partial charge >= 0.3 is 10.1 Å². The Morgan fingerprint density at radius 3 is 2.67 bits per heavy atom. The third-order valence-corrected chi connectivity index (χ3v) is 5.94. The van der Waals surface area contributed by atoms with Crippen LogP contribution >= 0.6 is 0 Å². The number of nitrogens with zero attached hydrogens (tertiary/aromatic N) is 1. The number of carbonyl (C=O) groups excluding carboxylic acids is 1. The number of aromatic nitrogens is 2. The van der Waals surface area contributed by atoms with Crippen LogP contribution in [0.2, 0.25) is 0 Å². The van der Waals surface area contributed by atoms with E-state index in [2.05, 4.69) is 20.6 Å². The minimum Gasteiger partial charge on any atom is -0.394 e. The first-order valence-electron chi connectivity index (χ1n) is 9.56. The quantitative estimate of drug-likeness (QED) is 0.403. The largest absolute Gasteiger partial charge is 0.394 e. The maximum absolute atomic E-state index is 12.6. The van der Waals surface area contributed by atoms with Crippen LogP contribution in [-0.4, -0.2) is 42.0 Å². The molecular formula is C20H22N4O5S. The number of carbonyl (C=O) groups is 1. The van der Waals surface area contributed by atoms with Crippen molar-refractivity contribution in [2.24, 2.45) is 5.92 Å². The molecule has 1 heterocycles. The molecule has 1 saturated carbocycles. The van der Waals surface area contributed by atoms with Gasteiger partial charge < -0.3 is 19.6 Å². The number of aromatic amines is 1. The summed E-state index contributed by atoms with van der Waals surface area (Å²) in [5.74, 6) is 0.430. The van der Waals surface area contributed by atoms with Crippen molar-refractivity contribution in [1.82, 2.24) is 9.97 Å². The monoisotopic (exact) mass is 430 g/mol. The summed E-state index contributed by atoms with van der Waals surface area (Å²) in [6.07, 6.45) is 1.78. The van der Waals surface area contributed by atoms with Crippen LogP contribution in [0.15, 0.2) is 47.4 Å². The van der Waals surface area contributed by atoms with E-state index in [1.54, 1.807) is 18.2 Å². The Hall–Kier alpha value is -3.11. The zero-order valence-electron chi connectivity index (χ0n) is 16.3. The van der Waals surface area contributed by atoms with E-state index in [9.17, 15) is 13.2 Å². The summed E-state index contributed by atoms with van der Waals surface area (Å²) in [5, 5.41) is 14.8. The van der Waals surface area contributed by atoms with Crippen molar-refractivity contribution in [2.45, 2.75) is 30.7 Å². The van der Waals surface area contributed by atoms with Gasteiger partial charge in [-0.1, -0.05) is 0 Å². The van der Waals surface area contributed by atoms with E-state index in [4.69, 9.17) is 9.29 Å². The lowest BCUT2D eigenvalue weighted by molar-refractivity contribution is -0.117. The van der Waals surface area contributed by atoms with Crippen LogP contribution in [0.5, 0.6) is 5.75 Å². The Labute approximate surface area is 173 Å². The number of hydrogen-bond donors (Lipinski definition) is 4. The van der Waals surface area contributed by atoms with Gasteiger partial charge in [0, 0.05) is 23.7 Å². The molecule has 1 aliphatic carbocycles. The Balaban J connectivity index is 1.48. The number of fused-ring (bicyclic) bond motifs is 1. The van der Waals surface area contributed by atoms with Gasteiger partial charge in [-0.05, 0) is 56.2 Å². The van der Waals surface area contributed by atoms with Crippen molar-refractivity contribution < 1.29 is 22.5 Å². The SMILES string of the molecule is CC(CO)Nc1ccc(S(=O)(=O)Oc2ccc3nc(NC(=O)C4CC4)[nH]c3c2)cc1. The fraction of sp³-hybridized carbons (Fsp3) is 0.300. The molecule has 0 saturated heterocycles. The number of amides is 1. The third-order valence-electron chi connectivity index (χ3n) is 4.68.